The van der Waals surface area contributed by atoms with E-state index in [0.717, 1.165) is 25.9 Å². The number of ether oxygens (including phenoxy) is 1. The highest BCUT2D eigenvalue weighted by Gasteiger charge is 2.54. The van der Waals surface area contributed by atoms with Crippen molar-refractivity contribution < 1.29 is 9.84 Å². The molecule has 0 amide bonds. The summed E-state index contributed by atoms with van der Waals surface area (Å²) in [6.45, 7) is 5.11. The van der Waals surface area contributed by atoms with Crippen LogP contribution in [0.4, 0.5) is 0 Å². The lowest BCUT2D eigenvalue weighted by Gasteiger charge is -2.32. The number of hydrogen-bond donors (Lipinski definition) is 1. The molecule has 2 heteroatoms. The number of aliphatic hydroxyl groups is 1. The number of hydrogen-bond acceptors (Lipinski definition) is 2. The zero-order valence-electron chi connectivity index (χ0n) is 8.42. The second-order valence-electron chi connectivity index (χ2n) is 4.37. The van der Waals surface area contributed by atoms with Crippen molar-refractivity contribution in [3.8, 4) is 0 Å². The molecule has 1 aliphatic heterocycles. The highest BCUT2D eigenvalue weighted by Crippen LogP contribution is 2.48. The molecule has 1 saturated carbocycles. The van der Waals surface area contributed by atoms with Crippen LogP contribution in [0.1, 0.15) is 33.1 Å². The average Bonchev–Trinajstić information content (AvgIpc) is 2.90. The minimum atomic E-state index is -0.116. The lowest BCUT2D eigenvalue weighted by atomic mass is 9.74. The van der Waals surface area contributed by atoms with Crippen LogP contribution in [0.15, 0.2) is 11.6 Å². The molecule has 2 nitrogen and oxygen atoms in total. The Labute approximate surface area is 79.6 Å². The Bertz CT molecular complexity index is 228. The molecular weight excluding hydrogens is 164 g/mol. The van der Waals surface area contributed by atoms with E-state index in [2.05, 4.69) is 19.9 Å². The first-order valence-corrected chi connectivity index (χ1v) is 5.13. The maximum Gasteiger partial charge on any atom is 0.0983 e. The first kappa shape index (κ1) is 9.22. The van der Waals surface area contributed by atoms with Crippen LogP contribution in [0.25, 0.3) is 0 Å². The Morgan fingerprint density at radius 2 is 2.31 bits per heavy atom. The molecule has 2 rings (SSSR count). The molecule has 74 valence electrons. The SMILES string of the molecule is CC=C(C)[C@H]1C[C@H](O)CC[C@]12CO2. The van der Waals surface area contributed by atoms with E-state index in [1.165, 1.54) is 5.57 Å². The Kier molecular flexibility index (Phi) is 2.20. The van der Waals surface area contributed by atoms with Crippen LogP contribution in [0.3, 0.4) is 0 Å². The maximum atomic E-state index is 9.60. The van der Waals surface area contributed by atoms with Gasteiger partial charge in [-0.25, -0.2) is 0 Å². The number of rotatable bonds is 1. The first-order chi connectivity index (χ1) is 6.18. The Balaban J connectivity index is 2.13. The zero-order chi connectivity index (χ0) is 9.47. The summed E-state index contributed by atoms with van der Waals surface area (Å²) in [7, 11) is 0. The van der Waals surface area contributed by atoms with Crippen molar-refractivity contribution in [2.24, 2.45) is 5.92 Å². The van der Waals surface area contributed by atoms with Gasteiger partial charge in [0.2, 0.25) is 0 Å². The van der Waals surface area contributed by atoms with Gasteiger partial charge in [-0.3, -0.25) is 0 Å². The fraction of sp³-hybridized carbons (Fsp3) is 0.818. The van der Waals surface area contributed by atoms with Crippen LogP contribution >= 0.6 is 0 Å². The van der Waals surface area contributed by atoms with Crippen molar-refractivity contribution in [1.29, 1.82) is 0 Å². The summed E-state index contributed by atoms with van der Waals surface area (Å²) >= 11 is 0. The summed E-state index contributed by atoms with van der Waals surface area (Å²) in [5.41, 5.74) is 1.49. The van der Waals surface area contributed by atoms with E-state index in [0.29, 0.717) is 5.92 Å². The highest BCUT2D eigenvalue weighted by atomic mass is 16.6. The minimum Gasteiger partial charge on any atom is -0.393 e. The standard InChI is InChI=1S/C11H18O2/c1-3-8(2)10-6-9(12)4-5-11(10)7-13-11/h3,9-10,12H,4-7H2,1-2H3/t9-,10-,11+/m1/s1. The van der Waals surface area contributed by atoms with Crippen LogP contribution < -0.4 is 0 Å². The van der Waals surface area contributed by atoms with E-state index < -0.39 is 0 Å². The van der Waals surface area contributed by atoms with E-state index in [1.54, 1.807) is 0 Å². The van der Waals surface area contributed by atoms with Gasteiger partial charge in [-0.2, -0.15) is 0 Å². The van der Waals surface area contributed by atoms with E-state index in [-0.39, 0.29) is 11.7 Å². The van der Waals surface area contributed by atoms with Crippen LogP contribution in [-0.2, 0) is 4.74 Å². The number of aliphatic hydroxyl groups excluding tert-OH is 1. The molecule has 1 heterocycles. The second kappa shape index (κ2) is 3.10. The maximum absolute atomic E-state index is 9.60. The van der Waals surface area contributed by atoms with Gasteiger partial charge in [-0.15, -0.1) is 0 Å². The average molecular weight is 182 g/mol. The van der Waals surface area contributed by atoms with Crippen molar-refractivity contribution in [2.45, 2.75) is 44.8 Å². The third-order valence-electron chi connectivity index (χ3n) is 3.56. The molecule has 0 aromatic rings. The molecule has 1 N–H and O–H groups in total. The zero-order valence-corrected chi connectivity index (χ0v) is 8.42. The molecule has 0 bridgehead atoms. The quantitative estimate of drug-likeness (QED) is 0.496. The largest absolute Gasteiger partial charge is 0.393 e. The number of epoxide rings is 1. The normalized spacial score (nSPS) is 45.3. The third-order valence-corrected chi connectivity index (χ3v) is 3.56. The molecular formula is C11H18O2. The van der Waals surface area contributed by atoms with E-state index in [4.69, 9.17) is 4.74 Å². The topological polar surface area (TPSA) is 32.8 Å². The Morgan fingerprint density at radius 1 is 1.62 bits per heavy atom. The van der Waals surface area contributed by atoms with Crippen LogP contribution in [0.5, 0.6) is 0 Å². The van der Waals surface area contributed by atoms with Crippen LogP contribution in [0, 0.1) is 5.92 Å². The predicted octanol–water partition coefficient (Wildman–Crippen LogP) is 1.88. The summed E-state index contributed by atoms with van der Waals surface area (Å²) in [5.74, 6) is 0.459. The molecule has 1 saturated heterocycles. The molecule has 0 radical (unpaired) electrons. The molecule has 1 spiro atoms. The van der Waals surface area contributed by atoms with Gasteiger partial charge in [0.15, 0.2) is 0 Å². The van der Waals surface area contributed by atoms with Crippen molar-refractivity contribution >= 4 is 0 Å². The monoisotopic (exact) mass is 182 g/mol. The van der Waals surface area contributed by atoms with Crippen molar-refractivity contribution in [3.05, 3.63) is 11.6 Å². The Hall–Kier alpha value is -0.340. The van der Waals surface area contributed by atoms with E-state index >= 15 is 0 Å². The molecule has 1 aliphatic carbocycles. The van der Waals surface area contributed by atoms with E-state index in [9.17, 15) is 5.11 Å². The fourth-order valence-corrected chi connectivity index (χ4v) is 2.43. The third kappa shape index (κ3) is 1.53. The highest BCUT2D eigenvalue weighted by molar-refractivity contribution is 5.16. The van der Waals surface area contributed by atoms with Gasteiger partial charge in [-0.1, -0.05) is 11.6 Å². The summed E-state index contributed by atoms with van der Waals surface area (Å²) in [4.78, 5) is 0. The predicted molar refractivity (Wildman–Crippen MR) is 51.5 cm³/mol. The minimum absolute atomic E-state index is 0.116. The van der Waals surface area contributed by atoms with Gasteiger partial charge in [0.1, 0.15) is 0 Å². The second-order valence-corrected chi connectivity index (χ2v) is 4.37. The number of allylic oxidation sites excluding steroid dienone is 1. The van der Waals surface area contributed by atoms with Crippen molar-refractivity contribution in [3.63, 3.8) is 0 Å². The van der Waals surface area contributed by atoms with Crippen molar-refractivity contribution in [2.75, 3.05) is 6.61 Å². The van der Waals surface area contributed by atoms with Crippen molar-refractivity contribution in [1.82, 2.24) is 0 Å². The summed E-state index contributed by atoms with van der Waals surface area (Å²) in [6.07, 6.45) is 4.86. The van der Waals surface area contributed by atoms with Gasteiger partial charge in [0.25, 0.3) is 0 Å². The smallest absolute Gasteiger partial charge is 0.0983 e. The first-order valence-electron chi connectivity index (χ1n) is 5.13. The van der Waals surface area contributed by atoms with Gasteiger partial charge in [0, 0.05) is 5.92 Å². The molecule has 13 heavy (non-hydrogen) atoms. The lowest BCUT2D eigenvalue weighted by molar-refractivity contribution is 0.0616. The lowest BCUT2D eigenvalue weighted by Crippen LogP contribution is -2.35. The van der Waals surface area contributed by atoms with Crippen LogP contribution in [-0.4, -0.2) is 23.4 Å². The summed E-state index contributed by atoms with van der Waals surface area (Å²) in [6, 6.07) is 0. The Morgan fingerprint density at radius 3 is 2.85 bits per heavy atom. The summed E-state index contributed by atoms with van der Waals surface area (Å²) in [5, 5.41) is 9.60. The molecule has 0 unspecified atom stereocenters. The molecule has 2 fully saturated rings. The van der Waals surface area contributed by atoms with Crippen LogP contribution in [0.2, 0.25) is 0 Å². The molecule has 0 aromatic heterocycles. The summed E-state index contributed by atoms with van der Waals surface area (Å²) < 4.78 is 5.57. The molecule has 3 atom stereocenters. The van der Waals surface area contributed by atoms with Gasteiger partial charge < -0.3 is 9.84 Å². The van der Waals surface area contributed by atoms with Gasteiger partial charge >= 0.3 is 0 Å². The fourth-order valence-electron chi connectivity index (χ4n) is 2.43. The molecule has 0 aromatic carbocycles. The van der Waals surface area contributed by atoms with E-state index in [1.807, 2.05) is 0 Å². The van der Waals surface area contributed by atoms with Gasteiger partial charge in [-0.05, 0) is 33.1 Å². The molecule has 2 aliphatic rings. The van der Waals surface area contributed by atoms with Gasteiger partial charge in [0.05, 0.1) is 18.3 Å².